The Balaban J connectivity index is 1.94. The van der Waals surface area contributed by atoms with Crippen LogP contribution in [-0.4, -0.2) is 54.8 Å². The van der Waals surface area contributed by atoms with E-state index in [0.29, 0.717) is 49.0 Å². The summed E-state index contributed by atoms with van der Waals surface area (Å²) in [5.41, 5.74) is 0.347. The molecule has 1 N–H and O–H groups in total. The fraction of sp³-hybridized carbons (Fsp3) is 0.500. The highest BCUT2D eigenvalue weighted by Gasteiger charge is 2.33. The molecule has 1 fully saturated rings. The van der Waals surface area contributed by atoms with Crippen LogP contribution in [0.5, 0.6) is 17.2 Å². The minimum absolute atomic E-state index is 0.327. The number of methoxy groups -OCH3 is 1. The van der Waals surface area contributed by atoms with Gasteiger partial charge in [-0.3, -0.25) is 4.79 Å². The number of carboxylic acid groups (broad SMARTS) is 1. The van der Waals surface area contributed by atoms with Crippen molar-refractivity contribution in [1.82, 2.24) is 4.90 Å². The smallest absolute Gasteiger partial charge is 0.326 e. The van der Waals surface area contributed by atoms with Crippen LogP contribution in [0, 0.1) is 0 Å². The van der Waals surface area contributed by atoms with Crippen molar-refractivity contribution in [3.8, 4) is 17.2 Å². The maximum atomic E-state index is 12.8. The molecular formula is C16H19NO6. The number of aliphatic carboxylic acids is 1. The minimum Gasteiger partial charge on any atom is -0.493 e. The maximum absolute atomic E-state index is 12.8. The Morgan fingerprint density at radius 3 is 2.78 bits per heavy atom. The van der Waals surface area contributed by atoms with Gasteiger partial charge in [0.25, 0.3) is 5.91 Å². The van der Waals surface area contributed by atoms with Crippen molar-refractivity contribution in [1.29, 1.82) is 0 Å². The van der Waals surface area contributed by atoms with Gasteiger partial charge in [-0.15, -0.1) is 0 Å². The lowest BCUT2D eigenvalue weighted by molar-refractivity contribution is -0.143. The molecule has 2 aliphatic rings. The largest absolute Gasteiger partial charge is 0.493 e. The summed E-state index contributed by atoms with van der Waals surface area (Å²) in [7, 11) is 1.49. The van der Waals surface area contributed by atoms with E-state index < -0.39 is 12.0 Å². The van der Waals surface area contributed by atoms with Crippen molar-refractivity contribution in [3.05, 3.63) is 17.7 Å². The van der Waals surface area contributed by atoms with Crippen molar-refractivity contribution in [2.45, 2.75) is 25.3 Å². The molecule has 0 bridgehead atoms. The Hall–Kier alpha value is -2.44. The standard InChI is InChI=1S/C16H19NO6/c1-21-12-8-10(9-13-14(12)23-7-6-22-13)15(18)17-5-3-2-4-11(17)16(19)20/h8-9,11H,2-7H2,1H3,(H,19,20). The van der Waals surface area contributed by atoms with Crippen molar-refractivity contribution in [2.24, 2.45) is 0 Å². The summed E-state index contributed by atoms with van der Waals surface area (Å²) in [5.74, 6) is 0.0379. The van der Waals surface area contributed by atoms with Gasteiger partial charge in [-0.2, -0.15) is 0 Å². The lowest BCUT2D eigenvalue weighted by atomic mass is 10.0. The molecule has 0 aromatic heterocycles. The van der Waals surface area contributed by atoms with E-state index in [1.54, 1.807) is 12.1 Å². The summed E-state index contributed by atoms with van der Waals surface area (Å²) in [6, 6.07) is 2.38. The molecule has 1 unspecified atom stereocenters. The number of ether oxygens (including phenoxy) is 3. The fourth-order valence-corrected chi connectivity index (χ4v) is 2.99. The first-order chi connectivity index (χ1) is 11.1. The van der Waals surface area contributed by atoms with E-state index in [1.807, 2.05) is 0 Å². The molecule has 2 heterocycles. The van der Waals surface area contributed by atoms with E-state index in [2.05, 4.69) is 0 Å². The van der Waals surface area contributed by atoms with Gasteiger partial charge in [-0.1, -0.05) is 0 Å². The highest BCUT2D eigenvalue weighted by molar-refractivity contribution is 5.98. The molecule has 0 saturated carbocycles. The SMILES string of the molecule is COc1cc(C(=O)N2CCCCC2C(=O)O)cc2c1OCCO2. The summed E-state index contributed by atoms with van der Waals surface area (Å²) in [4.78, 5) is 25.6. The molecule has 1 aromatic carbocycles. The molecule has 0 radical (unpaired) electrons. The van der Waals surface area contributed by atoms with Crippen LogP contribution < -0.4 is 14.2 Å². The number of piperidine rings is 1. The number of carboxylic acids is 1. The lowest BCUT2D eigenvalue weighted by Gasteiger charge is -2.33. The quantitative estimate of drug-likeness (QED) is 0.909. The Bertz CT molecular complexity index is 612. The Morgan fingerprint density at radius 2 is 2.04 bits per heavy atom. The number of nitrogens with zero attached hydrogens (tertiary/aromatic N) is 1. The van der Waals surface area contributed by atoms with E-state index in [-0.39, 0.29) is 5.91 Å². The Kier molecular flexibility index (Phi) is 4.27. The molecule has 1 saturated heterocycles. The number of amides is 1. The Labute approximate surface area is 133 Å². The van der Waals surface area contributed by atoms with Gasteiger partial charge in [0.2, 0.25) is 5.75 Å². The van der Waals surface area contributed by atoms with Gasteiger partial charge in [0.15, 0.2) is 11.5 Å². The molecule has 1 amide bonds. The molecule has 0 aliphatic carbocycles. The maximum Gasteiger partial charge on any atom is 0.326 e. The second-order valence-corrected chi connectivity index (χ2v) is 5.55. The number of carbonyl (C=O) groups excluding carboxylic acids is 1. The number of hydrogen-bond donors (Lipinski definition) is 1. The zero-order valence-electron chi connectivity index (χ0n) is 12.9. The molecule has 124 valence electrons. The van der Waals surface area contributed by atoms with Crippen molar-refractivity contribution < 1.29 is 28.9 Å². The van der Waals surface area contributed by atoms with Crippen LogP contribution in [0.15, 0.2) is 12.1 Å². The van der Waals surface area contributed by atoms with Crippen molar-refractivity contribution >= 4 is 11.9 Å². The molecule has 3 rings (SSSR count). The zero-order valence-corrected chi connectivity index (χ0v) is 12.9. The van der Waals surface area contributed by atoms with E-state index in [1.165, 1.54) is 12.0 Å². The lowest BCUT2D eigenvalue weighted by Crippen LogP contribution is -2.48. The third kappa shape index (κ3) is 2.91. The van der Waals surface area contributed by atoms with Crippen LogP contribution in [-0.2, 0) is 4.79 Å². The summed E-state index contributed by atoms with van der Waals surface area (Å²) in [5, 5.41) is 9.33. The molecule has 2 aliphatic heterocycles. The van der Waals surface area contributed by atoms with E-state index in [9.17, 15) is 14.7 Å². The van der Waals surface area contributed by atoms with Crippen molar-refractivity contribution in [2.75, 3.05) is 26.9 Å². The van der Waals surface area contributed by atoms with Gasteiger partial charge < -0.3 is 24.2 Å². The van der Waals surface area contributed by atoms with Crippen LogP contribution in [0.2, 0.25) is 0 Å². The number of rotatable bonds is 3. The minimum atomic E-state index is -0.970. The van der Waals surface area contributed by atoms with Gasteiger partial charge in [-0.05, 0) is 31.4 Å². The molecule has 23 heavy (non-hydrogen) atoms. The monoisotopic (exact) mass is 321 g/mol. The number of hydrogen-bond acceptors (Lipinski definition) is 5. The molecule has 1 atom stereocenters. The van der Waals surface area contributed by atoms with Crippen LogP contribution in [0.3, 0.4) is 0 Å². The fourth-order valence-electron chi connectivity index (χ4n) is 2.99. The number of benzene rings is 1. The third-order valence-corrected chi connectivity index (χ3v) is 4.12. The molecule has 0 spiro atoms. The summed E-state index contributed by atoms with van der Waals surface area (Å²) >= 11 is 0. The van der Waals surface area contributed by atoms with Gasteiger partial charge in [0.05, 0.1) is 7.11 Å². The van der Waals surface area contributed by atoms with E-state index in [4.69, 9.17) is 14.2 Å². The third-order valence-electron chi connectivity index (χ3n) is 4.12. The van der Waals surface area contributed by atoms with Gasteiger partial charge in [0, 0.05) is 12.1 Å². The first-order valence-electron chi connectivity index (χ1n) is 7.63. The second-order valence-electron chi connectivity index (χ2n) is 5.55. The zero-order chi connectivity index (χ0) is 16.4. The molecular weight excluding hydrogens is 302 g/mol. The first-order valence-corrected chi connectivity index (χ1v) is 7.63. The number of fused-ring (bicyclic) bond motifs is 1. The van der Waals surface area contributed by atoms with E-state index in [0.717, 1.165) is 12.8 Å². The highest BCUT2D eigenvalue weighted by atomic mass is 16.6. The second kappa shape index (κ2) is 6.36. The normalized spacial score (nSPS) is 20.0. The summed E-state index contributed by atoms with van der Waals surface area (Å²) in [6.45, 7) is 1.26. The van der Waals surface area contributed by atoms with Crippen LogP contribution >= 0.6 is 0 Å². The number of carbonyl (C=O) groups is 2. The highest BCUT2D eigenvalue weighted by Crippen LogP contribution is 2.40. The molecule has 7 nitrogen and oxygen atoms in total. The summed E-state index contributed by atoms with van der Waals surface area (Å²) in [6.07, 6.45) is 2.09. The topological polar surface area (TPSA) is 85.3 Å². The average molecular weight is 321 g/mol. The van der Waals surface area contributed by atoms with Crippen LogP contribution in [0.1, 0.15) is 29.6 Å². The van der Waals surface area contributed by atoms with Crippen LogP contribution in [0.25, 0.3) is 0 Å². The predicted octanol–water partition coefficient (Wildman–Crippen LogP) is 1.55. The summed E-state index contributed by atoms with van der Waals surface area (Å²) < 4.78 is 16.3. The molecule has 1 aromatic rings. The Morgan fingerprint density at radius 1 is 1.26 bits per heavy atom. The average Bonchev–Trinajstić information content (AvgIpc) is 2.60. The van der Waals surface area contributed by atoms with Crippen molar-refractivity contribution in [3.63, 3.8) is 0 Å². The van der Waals surface area contributed by atoms with E-state index >= 15 is 0 Å². The van der Waals surface area contributed by atoms with Gasteiger partial charge in [-0.25, -0.2) is 4.79 Å². The van der Waals surface area contributed by atoms with Crippen LogP contribution in [0.4, 0.5) is 0 Å². The van der Waals surface area contributed by atoms with Gasteiger partial charge in [0.1, 0.15) is 19.3 Å². The van der Waals surface area contributed by atoms with Gasteiger partial charge >= 0.3 is 5.97 Å². The molecule has 7 heteroatoms. The predicted molar refractivity (Wildman–Crippen MR) is 80.3 cm³/mol. The first kappa shape index (κ1) is 15.5. The number of likely N-dealkylation sites (tertiary alicyclic amines) is 1.